The monoisotopic (exact) mass is 282 g/mol. The summed E-state index contributed by atoms with van der Waals surface area (Å²) in [5, 5.41) is 0. The maximum atomic E-state index is 12.8. The quantitative estimate of drug-likeness (QED) is 0.869. The third-order valence-corrected chi connectivity index (χ3v) is 3.88. The molecule has 1 aromatic heterocycles. The zero-order chi connectivity index (χ0) is 14.7. The van der Waals surface area contributed by atoms with Gasteiger partial charge in [0.1, 0.15) is 5.75 Å². The molecule has 0 spiro atoms. The highest BCUT2D eigenvalue weighted by molar-refractivity contribution is 5.97. The molecule has 4 heteroatoms. The maximum Gasteiger partial charge on any atom is 0.258 e. The molecule has 1 saturated heterocycles. The summed E-state index contributed by atoms with van der Waals surface area (Å²) in [6.45, 7) is 0.762. The minimum Gasteiger partial charge on any atom is -0.496 e. The van der Waals surface area contributed by atoms with E-state index in [1.165, 1.54) is 0 Å². The molecule has 2 heterocycles. The third-order valence-electron chi connectivity index (χ3n) is 3.88. The summed E-state index contributed by atoms with van der Waals surface area (Å²) < 4.78 is 5.30. The Morgan fingerprint density at radius 1 is 1.24 bits per heavy atom. The van der Waals surface area contributed by atoms with Crippen LogP contribution in [-0.4, -0.2) is 29.4 Å². The fourth-order valence-corrected chi connectivity index (χ4v) is 2.87. The molecular weight excluding hydrogens is 264 g/mol. The lowest BCUT2D eigenvalue weighted by atomic mass is 10.1. The number of nitrogens with zero attached hydrogens (tertiary/aromatic N) is 2. The molecule has 1 fully saturated rings. The van der Waals surface area contributed by atoms with Gasteiger partial charge in [0.05, 0.1) is 24.4 Å². The number of carbonyl (C=O) groups excluding carboxylic acids is 1. The van der Waals surface area contributed by atoms with Crippen LogP contribution in [0.1, 0.15) is 34.9 Å². The standard InChI is InChI=1S/C17H18N2O2/c1-21-16-10-3-2-7-13(16)17(20)19-12-6-9-15(19)14-8-4-5-11-18-14/h2-5,7-8,10-11,15H,6,9,12H2,1H3. The van der Waals surface area contributed by atoms with Gasteiger partial charge in [-0.2, -0.15) is 0 Å². The number of hydrogen-bond acceptors (Lipinski definition) is 3. The van der Waals surface area contributed by atoms with Gasteiger partial charge in [-0.15, -0.1) is 0 Å². The first kappa shape index (κ1) is 13.6. The molecule has 0 bridgehead atoms. The minimum atomic E-state index is 0.0144. The first-order valence-electron chi connectivity index (χ1n) is 7.16. The van der Waals surface area contributed by atoms with Crippen molar-refractivity contribution in [3.05, 3.63) is 59.9 Å². The Kier molecular flexibility index (Phi) is 3.86. The largest absolute Gasteiger partial charge is 0.496 e. The van der Waals surface area contributed by atoms with Crippen molar-refractivity contribution in [2.45, 2.75) is 18.9 Å². The van der Waals surface area contributed by atoms with Crippen molar-refractivity contribution in [2.24, 2.45) is 0 Å². The molecule has 0 saturated carbocycles. The summed E-state index contributed by atoms with van der Waals surface area (Å²) in [7, 11) is 1.59. The molecule has 1 unspecified atom stereocenters. The fraction of sp³-hybridized carbons (Fsp3) is 0.294. The summed E-state index contributed by atoms with van der Waals surface area (Å²) in [6, 6.07) is 13.3. The Labute approximate surface area is 124 Å². The average molecular weight is 282 g/mol. The van der Waals surface area contributed by atoms with Crippen LogP contribution in [0.4, 0.5) is 0 Å². The Hall–Kier alpha value is -2.36. The summed E-state index contributed by atoms with van der Waals surface area (Å²) in [5.74, 6) is 0.634. The van der Waals surface area contributed by atoms with Gasteiger partial charge in [-0.1, -0.05) is 18.2 Å². The van der Waals surface area contributed by atoms with Gasteiger partial charge in [0, 0.05) is 12.7 Å². The van der Waals surface area contributed by atoms with Crippen molar-refractivity contribution in [2.75, 3.05) is 13.7 Å². The zero-order valence-corrected chi connectivity index (χ0v) is 12.0. The van der Waals surface area contributed by atoms with E-state index in [9.17, 15) is 4.79 Å². The van der Waals surface area contributed by atoms with Gasteiger partial charge in [0.2, 0.25) is 0 Å². The van der Waals surface area contributed by atoms with E-state index in [2.05, 4.69) is 4.98 Å². The summed E-state index contributed by atoms with van der Waals surface area (Å²) in [4.78, 5) is 19.1. The summed E-state index contributed by atoms with van der Waals surface area (Å²) >= 11 is 0. The minimum absolute atomic E-state index is 0.0144. The predicted molar refractivity (Wildman–Crippen MR) is 80.2 cm³/mol. The van der Waals surface area contributed by atoms with Crippen LogP contribution in [0.2, 0.25) is 0 Å². The second-order valence-electron chi connectivity index (χ2n) is 5.11. The van der Waals surface area contributed by atoms with Crippen LogP contribution in [0.3, 0.4) is 0 Å². The van der Waals surface area contributed by atoms with E-state index in [0.717, 1.165) is 25.1 Å². The lowest BCUT2D eigenvalue weighted by Gasteiger charge is -2.25. The molecule has 2 aromatic rings. The number of pyridine rings is 1. The van der Waals surface area contributed by atoms with Crippen molar-refractivity contribution >= 4 is 5.91 Å². The van der Waals surface area contributed by atoms with Gasteiger partial charge in [0.25, 0.3) is 5.91 Å². The number of para-hydroxylation sites is 1. The van der Waals surface area contributed by atoms with E-state index >= 15 is 0 Å². The number of methoxy groups -OCH3 is 1. The molecule has 21 heavy (non-hydrogen) atoms. The van der Waals surface area contributed by atoms with Crippen molar-refractivity contribution in [3.8, 4) is 5.75 Å². The van der Waals surface area contributed by atoms with Crippen LogP contribution in [-0.2, 0) is 0 Å². The van der Waals surface area contributed by atoms with Gasteiger partial charge in [-0.3, -0.25) is 9.78 Å². The molecule has 1 atom stereocenters. The van der Waals surface area contributed by atoms with Crippen LogP contribution in [0, 0.1) is 0 Å². The van der Waals surface area contributed by atoms with E-state index in [-0.39, 0.29) is 11.9 Å². The lowest BCUT2D eigenvalue weighted by molar-refractivity contribution is 0.0729. The molecule has 4 nitrogen and oxygen atoms in total. The normalized spacial score (nSPS) is 17.8. The van der Waals surface area contributed by atoms with E-state index in [1.807, 2.05) is 47.4 Å². The number of carbonyl (C=O) groups is 1. The Morgan fingerprint density at radius 2 is 2.05 bits per heavy atom. The van der Waals surface area contributed by atoms with E-state index < -0.39 is 0 Å². The number of rotatable bonds is 3. The van der Waals surface area contributed by atoms with Gasteiger partial charge in [0.15, 0.2) is 0 Å². The third kappa shape index (κ3) is 2.61. The highest BCUT2D eigenvalue weighted by atomic mass is 16.5. The number of hydrogen-bond donors (Lipinski definition) is 0. The molecule has 3 rings (SSSR count). The fourth-order valence-electron chi connectivity index (χ4n) is 2.87. The molecule has 0 N–H and O–H groups in total. The Morgan fingerprint density at radius 3 is 2.81 bits per heavy atom. The number of benzene rings is 1. The maximum absolute atomic E-state index is 12.8. The predicted octanol–water partition coefficient (Wildman–Crippen LogP) is 3.07. The average Bonchev–Trinajstić information content (AvgIpc) is 3.04. The molecule has 108 valence electrons. The van der Waals surface area contributed by atoms with Crippen LogP contribution < -0.4 is 4.74 Å². The van der Waals surface area contributed by atoms with Crippen LogP contribution in [0.25, 0.3) is 0 Å². The molecule has 0 radical (unpaired) electrons. The number of ether oxygens (including phenoxy) is 1. The zero-order valence-electron chi connectivity index (χ0n) is 12.0. The van der Waals surface area contributed by atoms with Gasteiger partial charge >= 0.3 is 0 Å². The van der Waals surface area contributed by atoms with Crippen LogP contribution in [0.15, 0.2) is 48.7 Å². The molecule has 1 aromatic carbocycles. The van der Waals surface area contributed by atoms with Gasteiger partial charge in [-0.25, -0.2) is 0 Å². The molecule has 1 amide bonds. The van der Waals surface area contributed by atoms with E-state index in [1.54, 1.807) is 13.3 Å². The first-order chi connectivity index (χ1) is 10.3. The first-order valence-corrected chi connectivity index (χ1v) is 7.16. The SMILES string of the molecule is COc1ccccc1C(=O)N1CCCC1c1ccccn1. The molecule has 1 aliphatic heterocycles. The molecule has 0 aliphatic carbocycles. The number of aromatic nitrogens is 1. The van der Waals surface area contributed by atoms with Crippen molar-refractivity contribution in [3.63, 3.8) is 0 Å². The van der Waals surface area contributed by atoms with Crippen molar-refractivity contribution < 1.29 is 9.53 Å². The Balaban J connectivity index is 1.90. The molecule has 1 aliphatic rings. The Bertz CT molecular complexity index is 628. The number of amides is 1. The van der Waals surface area contributed by atoms with Crippen molar-refractivity contribution in [1.29, 1.82) is 0 Å². The second-order valence-corrected chi connectivity index (χ2v) is 5.11. The van der Waals surface area contributed by atoms with Gasteiger partial charge < -0.3 is 9.64 Å². The highest BCUT2D eigenvalue weighted by Gasteiger charge is 2.32. The van der Waals surface area contributed by atoms with Crippen LogP contribution in [0.5, 0.6) is 5.75 Å². The van der Waals surface area contributed by atoms with E-state index in [4.69, 9.17) is 4.74 Å². The van der Waals surface area contributed by atoms with Crippen molar-refractivity contribution in [1.82, 2.24) is 9.88 Å². The molecular formula is C17H18N2O2. The second kappa shape index (κ2) is 5.95. The highest BCUT2D eigenvalue weighted by Crippen LogP contribution is 2.33. The van der Waals surface area contributed by atoms with E-state index in [0.29, 0.717) is 11.3 Å². The van der Waals surface area contributed by atoms with Gasteiger partial charge in [-0.05, 0) is 37.1 Å². The smallest absolute Gasteiger partial charge is 0.258 e. The summed E-state index contributed by atoms with van der Waals surface area (Å²) in [6.07, 6.45) is 3.74. The lowest BCUT2D eigenvalue weighted by Crippen LogP contribution is -2.31. The summed E-state index contributed by atoms with van der Waals surface area (Å²) in [5.41, 5.74) is 1.57. The topological polar surface area (TPSA) is 42.4 Å². The number of likely N-dealkylation sites (tertiary alicyclic amines) is 1. The van der Waals surface area contributed by atoms with Crippen LogP contribution >= 0.6 is 0 Å².